The van der Waals surface area contributed by atoms with Gasteiger partial charge in [-0.3, -0.25) is 4.79 Å². The van der Waals surface area contributed by atoms with E-state index in [-0.39, 0.29) is 12.5 Å². The molecule has 0 heterocycles. The first-order valence-electron chi connectivity index (χ1n) is 6.65. The van der Waals surface area contributed by atoms with Gasteiger partial charge in [0, 0.05) is 18.7 Å². The van der Waals surface area contributed by atoms with Gasteiger partial charge in [0.1, 0.15) is 0 Å². The minimum Gasteiger partial charge on any atom is -0.395 e. The summed E-state index contributed by atoms with van der Waals surface area (Å²) in [5.74, 6) is -0.00380. The molecule has 3 heteroatoms. The standard InChI is InChI=1S/C13H19NO2.C2H6/c1-3-8-14(9-10-15)13(16)12-6-4-11(2)5-7-12;1-2/h4-7,15H,3,8-10H2,1-2H3;1-2H3. The van der Waals surface area contributed by atoms with Crippen LogP contribution in [0.15, 0.2) is 24.3 Å². The lowest BCUT2D eigenvalue weighted by atomic mass is 10.1. The van der Waals surface area contributed by atoms with Gasteiger partial charge >= 0.3 is 0 Å². The highest BCUT2D eigenvalue weighted by atomic mass is 16.3. The van der Waals surface area contributed by atoms with Crippen LogP contribution in [0.4, 0.5) is 0 Å². The molecule has 1 aromatic carbocycles. The molecule has 0 aliphatic heterocycles. The van der Waals surface area contributed by atoms with E-state index in [1.807, 2.05) is 52.0 Å². The molecule has 0 aliphatic carbocycles. The van der Waals surface area contributed by atoms with Crippen LogP contribution in [0.2, 0.25) is 0 Å². The second kappa shape index (κ2) is 9.66. The number of benzene rings is 1. The molecule has 0 saturated heterocycles. The van der Waals surface area contributed by atoms with Crippen molar-refractivity contribution in [2.24, 2.45) is 0 Å². The van der Waals surface area contributed by atoms with E-state index in [0.717, 1.165) is 12.0 Å². The van der Waals surface area contributed by atoms with Gasteiger partial charge in [-0.15, -0.1) is 0 Å². The Morgan fingerprint density at radius 1 is 1.17 bits per heavy atom. The zero-order valence-electron chi connectivity index (χ0n) is 11.9. The van der Waals surface area contributed by atoms with Crippen molar-refractivity contribution >= 4 is 5.91 Å². The van der Waals surface area contributed by atoms with Crippen LogP contribution in [0.1, 0.15) is 43.1 Å². The van der Waals surface area contributed by atoms with Gasteiger partial charge in [-0.1, -0.05) is 38.5 Å². The molecular formula is C15H25NO2. The molecule has 1 rings (SSSR count). The van der Waals surface area contributed by atoms with Crippen LogP contribution in [0.25, 0.3) is 0 Å². The summed E-state index contributed by atoms with van der Waals surface area (Å²) in [4.78, 5) is 13.7. The summed E-state index contributed by atoms with van der Waals surface area (Å²) in [7, 11) is 0. The number of rotatable bonds is 5. The highest BCUT2D eigenvalue weighted by Gasteiger charge is 2.13. The topological polar surface area (TPSA) is 40.5 Å². The fourth-order valence-corrected chi connectivity index (χ4v) is 1.58. The van der Waals surface area contributed by atoms with Crippen molar-refractivity contribution in [1.82, 2.24) is 4.90 Å². The smallest absolute Gasteiger partial charge is 0.253 e. The fourth-order valence-electron chi connectivity index (χ4n) is 1.58. The van der Waals surface area contributed by atoms with Crippen molar-refractivity contribution < 1.29 is 9.90 Å². The van der Waals surface area contributed by atoms with Crippen LogP contribution in [0.5, 0.6) is 0 Å². The minimum absolute atomic E-state index is 0.00380. The molecule has 0 aliphatic rings. The monoisotopic (exact) mass is 251 g/mol. The van der Waals surface area contributed by atoms with Crippen LogP contribution in [-0.4, -0.2) is 35.6 Å². The fraction of sp³-hybridized carbons (Fsp3) is 0.533. The van der Waals surface area contributed by atoms with Crippen LogP contribution >= 0.6 is 0 Å². The third kappa shape index (κ3) is 5.32. The number of aliphatic hydroxyl groups is 1. The SMILES string of the molecule is CC.CCCN(CCO)C(=O)c1ccc(C)cc1. The van der Waals surface area contributed by atoms with Crippen LogP contribution in [0, 0.1) is 6.92 Å². The summed E-state index contributed by atoms with van der Waals surface area (Å²) in [6.45, 7) is 9.12. The van der Waals surface area contributed by atoms with E-state index in [4.69, 9.17) is 5.11 Å². The average Bonchev–Trinajstić information content (AvgIpc) is 2.41. The van der Waals surface area contributed by atoms with Gasteiger partial charge < -0.3 is 10.0 Å². The maximum Gasteiger partial charge on any atom is 0.253 e. The zero-order valence-corrected chi connectivity index (χ0v) is 11.9. The third-order valence-corrected chi connectivity index (χ3v) is 2.45. The highest BCUT2D eigenvalue weighted by molar-refractivity contribution is 5.94. The van der Waals surface area contributed by atoms with E-state index in [1.165, 1.54) is 0 Å². The molecule has 1 N–H and O–H groups in total. The summed E-state index contributed by atoms with van der Waals surface area (Å²) in [6, 6.07) is 7.52. The molecule has 0 spiro atoms. The summed E-state index contributed by atoms with van der Waals surface area (Å²) in [5.41, 5.74) is 1.83. The summed E-state index contributed by atoms with van der Waals surface area (Å²) >= 11 is 0. The lowest BCUT2D eigenvalue weighted by Crippen LogP contribution is -2.34. The number of carbonyl (C=O) groups is 1. The van der Waals surface area contributed by atoms with Crippen LogP contribution < -0.4 is 0 Å². The lowest BCUT2D eigenvalue weighted by Gasteiger charge is -2.21. The van der Waals surface area contributed by atoms with Crippen molar-refractivity contribution in [2.45, 2.75) is 34.1 Å². The molecule has 1 amide bonds. The lowest BCUT2D eigenvalue weighted by molar-refractivity contribution is 0.0722. The van der Waals surface area contributed by atoms with Crippen LogP contribution in [0.3, 0.4) is 0 Å². The molecule has 1 aromatic rings. The quantitative estimate of drug-likeness (QED) is 0.874. The first-order valence-corrected chi connectivity index (χ1v) is 6.65. The molecule has 0 bridgehead atoms. The third-order valence-electron chi connectivity index (χ3n) is 2.45. The van der Waals surface area contributed by atoms with E-state index < -0.39 is 0 Å². The van der Waals surface area contributed by atoms with E-state index in [9.17, 15) is 4.79 Å². The molecule has 0 saturated carbocycles. The van der Waals surface area contributed by atoms with Crippen molar-refractivity contribution in [3.63, 3.8) is 0 Å². The predicted octanol–water partition coefficient (Wildman–Crippen LogP) is 2.87. The van der Waals surface area contributed by atoms with Gasteiger partial charge in [0.2, 0.25) is 0 Å². The maximum atomic E-state index is 12.1. The second-order valence-electron chi connectivity index (χ2n) is 3.88. The number of amides is 1. The molecular weight excluding hydrogens is 226 g/mol. The number of hydrogen-bond donors (Lipinski definition) is 1. The second-order valence-corrected chi connectivity index (χ2v) is 3.88. The van der Waals surface area contributed by atoms with Crippen molar-refractivity contribution in [2.75, 3.05) is 19.7 Å². The van der Waals surface area contributed by atoms with E-state index in [2.05, 4.69) is 0 Å². The number of aliphatic hydroxyl groups excluding tert-OH is 1. The van der Waals surface area contributed by atoms with E-state index in [0.29, 0.717) is 18.7 Å². The van der Waals surface area contributed by atoms with Gasteiger partial charge in [0.15, 0.2) is 0 Å². The first-order chi connectivity index (χ1) is 8.69. The summed E-state index contributed by atoms with van der Waals surface area (Å²) < 4.78 is 0. The summed E-state index contributed by atoms with van der Waals surface area (Å²) in [5, 5.41) is 8.91. The van der Waals surface area contributed by atoms with Gasteiger partial charge in [-0.25, -0.2) is 0 Å². The van der Waals surface area contributed by atoms with Gasteiger partial charge in [-0.05, 0) is 25.5 Å². The first kappa shape index (κ1) is 16.6. The molecule has 0 atom stereocenters. The highest BCUT2D eigenvalue weighted by Crippen LogP contribution is 2.07. The Morgan fingerprint density at radius 3 is 2.17 bits per heavy atom. The van der Waals surface area contributed by atoms with Gasteiger partial charge in [-0.2, -0.15) is 0 Å². The van der Waals surface area contributed by atoms with Gasteiger partial charge in [0.25, 0.3) is 5.91 Å². The number of hydrogen-bond acceptors (Lipinski definition) is 2. The Bertz CT molecular complexity index is 327. The van der Waals surface area contributed by atoms with Gasteiger partial charge in [0.05, 0.1) is 6.61 Å². The molecule has 0 radical (unpaired) electrons. The van der Waals surface area contributed by atoms with E-state index in [1.54, 1.807) is 4.90 Å². The molecule has 0 fully saturated rings. The number of carbonyl (C=O) groups excluding carboxylic acids is 1. The van der Waals surface area contributed by atoms with Crippen molar-refractivity contribution in [3.05, 3.63) is 35.4 Å². The summed E-state index contributed by atoms with van der Waals surface area (Å²) in [6.07, 6.45) is 0.900. The Hall–Kier alpha value is -1.35. The normalized spacial score (nSPS) is 9.39. The average molecular weight is 251 g/mol. The molecule has 0 unspecified atom stereocenters. The Morgan fingerprint density at radius 2 is 1.72 bits per heavy atom. The van der Waals surface area contributed by atoms with Crippen molar-refractivity contribution in [1.29, 1.82) is 0 Å². The Kier molecular flexibility index (Phi) is 8.93. The predicted molar refractivity (Wildman–Crippen MR) is 75.8 cm³/mol. The molecule has 0 aromatic heterocycles. The largest absolute Gasteiger partial charge is 0.395 e. The van der Waals surface area contributed by atoms with E-state index >= 15 is 0 Å². The molecule has 18 heavy (non-hydrogen) atoms. The molecule has 102 valence electrons. The maximum absolute atomic E-state index is 12.1. The van der Waals surface area contributed by atoms with Crippen LogP contribution in [-0.2, 0) is 0 Å². The Balaban J connectivity index is 0.00000137. The Labute approximate surface area is 110 Å². The number of nitrogens with zero attached hydrogens (tertiary/aromatic N) is 1. The zero-order chi connectivity index (χ0) is 14.0. The van der Waals surface area contributed by atoms with Crippen molar-refractivity contribution in [3.8, 4) is 0 Å². The number of aryl methyl sites for hydroxylation is 1. The minimum atomic E-state index is -0.00380. The molecule has 3 nitrogen and oxygen atoms in total.